The van der Waals surface area contributed by atoms with E-state index >= 15 is 0 Å². The molecule has 2 aromatic rings. The lowest BCUT2D eigenvalue weighted by atomic mass is 10.3. The van der Waals surface area contributed by atoms with E-state index in [2.05, 4.69) is 4.98 Å². The molecule has 0 atom stereocenters. The molecule has 0 saturated heterocycles. The third-order valence-electron chi connectivity index (χ3n) is 2.04. The van der Waals surface area contributed by atoms with Crippen molar-refractivity contribution in [2.24, 2.45) is 0 Å². The Labute approximate surface area is 109 Å². The molecule has 88 valence electrons. The molecule has 0 amide bonds. The van der Waals surface area contributed by atoms with Crippen molar-refractivity contribution in [1.29, 1.82) is 0 Å². The Morgan fingerprint density at radius 1 is 1.00 bits per heavy atom. The quantitative estimate of drug-likeness (QED) is 0.783. The minimum atomic E-state index is 0.249. The minimum Gasteiger partial charge on any atom is -0.481 e. The number of aromatic nitrogens is 1. The molecule has 17 heavy (non-hydrogen) atoms. The molecule has 1 aromatic heterocycles. The summed E-state index contributed by atoms with van der Waals surface area (Å²) >= 11 is 11.7. The number of rotatable bonds is 3. The lowest BCUT2D eigenvalue weighted by molar-refractivity contribution is 0.395. The van der Waals surface area contributed by atoms with Crippen LogP contribution in [0.3, 0.4) is 0 Å². The molecule has 0 unspecified atom stereocenters. The molecule has 5 heteroatoms. The zero-order chi connectivity index (χ0) is 12.3. The van der Waals surface area contributed by atoms with Crippen molar-refractivity contribution in [3.05, 3.63) is 46.6 Å². The number of halogens is 2. The summed E-state index contributed by atoms with van der Waals surface area (Å²) in [5.74, 6) is 1.55. The van der Waals surface area contributed by atoms with Gasteiger partial charge in [-0.25, -0.2) is 0 Å². The molecule has 0 saturated carbocycles. The number of pyridine rings is 1. The Balaban J connectivity index is 2.21. The highest BCUT2D eigenvalue weighted by molar-refractivity contribution is 6.31. The molecule has 0 radical (unpaired) electrons. The zero-order valence-corrected chi connectivity index (χ0v) is 10.5. The standard InChI is InChI=1S/C12H9Cl2NO2/c1-16-11-7-6-10(12(14)15-11)17-9-4-2-8(13)3-5-9/h2-7H,1H3. The van der Waals surface area contributed by atoms with Crippen LogP contribution < -0.4 is 9.47 Å². The molecular formula is C12H9Cl2NO2. The summed E-state index contributed by atoms with van der Waals surface area (Å²) in [5, 5.41) is 0.899. The van der Waals surface area contributed by atoms with Gasteiger partial charge < -0.3 is 9.47 Å². The average Bonchev–Trinajstić information content (AvgIpc) is 2.34. The topological polar surface area (TPSA) is 31.4 Å². The average molecular weight is 270 g/mol. The van der Waals surface area contributed by atoms with Crippen molar-refractivity contribution in [2.45, 2.75) is 0 Å². The van der Waals surface area contributed by atoms with Gasteiger partial charge in [-0.3, -0.25) is 0 Å². The second-order valence-electron chi connectivity index (χ2n) is 3.20. The maximum absolute atomic E-state index is 5.95. The van der Waals surface area contributed by atoms with E-state index in [1.807, 2.05) is 0 Å². The lowest BCUT2D eigenvalue weighted by Gasteiger charge is -2.07. The normalized spacial score (nSPS) is 10.1. The van der Waals surface area contributed by atoms with Crippen molar-refractivity contribution in [2.75, 3.05) is 7.11 Å². The van der Waals surface area contributed by atoms with Crippen LogP contribution in [-0.2, 0) is 0 Å². The van der Waals surface area contributed by atoms with Crippen LogP contribution in [0.1, 0.15) is 0 Å². The van der Waals surface area contributed by atoms with E-state index in [1.54, 1.807) is 36.4 Å². The summed E-state index contributed by atoms with van der Waals surface area (Å²) in [6.45, 7) is 0. The number of hydrogen-bond donors (Lipinski definition) is 0. The predicted molar refractivity (Wildman–Crippen MR) is 67.3 cm³/mol. The van der Waals surface area contributed by atoms with Gasteiger partial charge in [-0.1, -0.05) is 23.2 Å². The second-order valence-corrected chi connectivity index (χ2v) is 3.99. The van der Waals surface area contributed by atoms with Crippen LogP contribution in [0.2, 0.25) is 10.2 Å². The summed E-state index contributed by atoms with van der Waals surface area (Å²) in [5.41, 5.74) is 0. The molecule has 0 fully saturated rings. The first kappa shape index (κ1) is 12.0. The first-order valence-corrected chi connectivity index (χ1v) is 5.58. The van der Waals surface area contributed by atoms with Crippen LogP contribution in [-0.4, -0.2) is 12.1 Å². The monoisotopic (exact) mass is 269 g/mol. The maximum Gasteiger partial charge on any atom is 0.214 e. The predicted octanol–water partition coefficient (Wildman–Crippen LogP) is 4.19. The van der Waals surface area contributed by atoms with Gasteiger partial charge in [0.05, 0.1) is 7.11 Å². The van der Waals surface area contributed by atoms with E-state index in [-0.39, 0.29) is 5.15 Å². The number of hydrogen-bond acceptors (Lipinski definition) is 3. The zero-order valence-electron chi connectivity index (χ0n) is 8.98. The summed E-state index contributed by atoms with van der Waals surface area (Å²) in [4.78, 5) is 4.00. The molecule has 0 aliphatic carbocycles. The molecule has 0 N–H and O–H groups in total. The van der Waals surface area contributed by atoms with Gasteiger partial charge in [-0.05, 0) is 30.3 Å². The van der Waals surface area contributed by atoms with Crippen LogP contribution in [0.5, 0.6) is 17.4 Å². The molecule has 0 spiro atoms. The molecule has 0 aliphatic rings. The van der Waals surface area contributed by atoms with E-state index < -0.39 is 0 Å². The van der Waals surface area contributed by atoms with E-state index in [0.29, 0.717) is 22.4 Å². The molecule has 3 nitrogen and oxygen atoms in total. The van der Waals surface area contributed by atoms with E-state index in [0.717, 1.165) is 0 Å². The Kier molecular flexibility index (Phi) is 3.71. The first-order valence-electron chi connectivity index (χ1n) is 4.83. The number of ether oxygens (including phenoxy) is 2. The van der Waals surface area contributed by atoms with Gasteiger partial charge in [0.1, 0.15) is 5.75 Å². The van der Waals surface area contributed by atoms with Crippen LogP contribution in [0.15, 0.2) is 36.4 Å². The Hall–Kier alpha value is -1.45. The fourth-order valence-corrected chi connectivity index (χ4v) is 1.54. The van der Waals surface area contributed by atoms with E-state index in [4.69, 9.17) is 32.7 Å². The van der Waals surface area contributed by atoms with Crippen molar-refractivity contribution < 1.29 is 9.47 Å². The Bertz CT molecular complexity index is 514. The highest BCUT2D eigenvalue weighted by Crippen LogP contribution is 2.30. The van der Waals surface area contributed by atoms with Gasteiger partial charge >= 0.3 is 0 Å². The van der Waals surface area contributed by atoms with Gasteiger partial charge in [-0.15, -0.1) is 0 Å². The second kappa shape index (κ2) is 5.25. The highest BCUT2D eigenvalue weighted by atomic mass is 35.5. The van der Waals surface area contributed by atoms with Crippen LogP contribution >= 0.6 is 23.2 Å². The fourth-order valence-electron chi connectivity index (χ4n) is 1.22. The summed E-state index contributed by atoms with van der Waals surface area (Å²) in [6, 6.07) is 10.4. The molecule has 2 rings (SSSR count). The van der Waals surface area contributed by atoms with Gasteiger partial charge in [0, 0.05) is 11.1 Å². The fraction of sp³-hybridized carbons (Fsp3) is 0.0833. The SMILES string of the molecule is COc1ccc(Oc2ccc(Cl)cc2)c(Cl)n1. The number of benzene rings is 1. The van der Waals surface area contributed by atoms with Crippen LogP contribution in [0, 0.1) is 0 Å². The maximum atomic E-state index is 5.95. The largest absolute Gasteiger partial charge is 0.481 e. The Morgan fingerprint density at radius 2 is 1.71 bits per heavy atom. The van der Waals surface area contributed by atoms with Crippen LogP contribution in [0.4, 0.5) is 0 Å². The third kappa shape index (κ3) is 3.02. The van der Waals surface area contributed by atoms with Crippen LogP contribution in [0.25, 0.3) is 0 Å². The van der Waals surface area contributed by atoms with Crippen molar-refractivity contribution in [3.8, 4) is 17.4 Å². The molecule has 1 heterocycles. The van der Waals surface area contributed by atoms with Gasteiger partial charge in [0.2, 0.25) is 5.88 Å². The Morgan fingerprint density at radius 3 is 2.29 bits per heavy atom. The van der Waals surface area contributed by atoms with E-state index in [1.165, 1.54) is 7.11 Å². The first-order chi connectivity index (χ1) is 8.19. The van der Waals surface area contributed by atoms with Crippen molar-refractivity contribution >= 4 is 23.2 Å². The number of nitrogens with zero attached hydrogens (tertiary/aromatic N) is 1. The smallest absolute Gasteiger partial charge is 0.214 e. The molecule has 0 aliphatic heterocycles. The molecular weight excluding hydrogens is 261 g/mol. The molecule has 1 aromatic carbocycles. The number of methoxy groups -OCH3 is 1. The summed E-state index contributed by atoms with van der Waals surface area (Å²) in [6.07, 6.45) is 0. The van der Waals surface area contributed by atoms with Gasteiger partial charge in [-0.2, -0.15) is 4.98 Å². The molecule has 0 bridgehead atoms. The lowest BCUT2D eigenvalue weighted by Crippen LogP contribution is -1.91. The van der Waals surface area contributed by atoms with Crippen molar-refractivity contribution in [3.63, 3.8) is 0 Å². The minimum absolute atomic E-state index is 0.249. The highest BCUT2D eigenvalue weighted by Gasteiger charge is 2.06. The summed E-state index contributed by atoms with van der Waals surface area (Å²) < 4.78 is 10.5. The third-order valence-corrected chi connectivity index (χ3v) is 2.56. The van der Waals surface area contributed by atoms with Gasteiger partial charge in [0.15, 0.2) is 10.9 Å². The van der Waals surface area contributed by atoms with Gasteiger partial charge in [0.25, 0.3) is 0 Å². The van der Waals surface area contributed by atoms with E-state index in [9.17, 15) is 0 Å². The summed E-state index contributed by atoms with van der Waals surface area (Å²) in [7, 11) is 1.53. The van der Waals surface area contributed by atoms with Crippen molar-refractivity contribution in [1.82, 2.24) is 4.98 Å².